The van der Waals surface area contributed by atoms with Crippen LogP contribution in [0.2, 0.25) is 0 Å². The number of rotatable bonds is 12. The maximum atomic E-state index is 13.0. The lowest BCUT2D eigenvalue weighted by Crippen LogP contribution is -2.30. The number of pyridine rings is 4. The molecule has 0 unspecified atom stereocenters. The molecule has 4 nitrogen and oxygen atoms in total. The molecule has 0 amide bonds. The van der Waals surface area contributed by atoms with E-state index in [0.29, 0.717) is 11.1 Å². The van der Waals surface area contributed by atoms with Crippen LogP contribution in [0.5, 0.6) is 0 Å². The van der Waals surface area contributed by atoms with Crippen molar-refractivity contribution in [3.8, 4) is 89.5 Å². The summed E-state index contributed by atoms with van der Waals surface area (Å²) in [5.41, 5.74) is 22.6. The maximum Gasteiger partial charge on any atom is 0.212 e. The molecular formula is C85H89FN4+4. The summed E-state index contributed by atoms with van der Waals surface area (Å²) in [6, 6.07) is 76.9. The quantitative estimate of drug-likeness (QED) is 0.108. The first kappa shape index (κ1) is 45.5. The molecule has 4 heterocycles. The van der Waals surface area contributed by atoms with Gasteiger partial charge in [-0.15, -0.1) is 0 Å². The Balaban J connectivity index is 0.000000166. The van der Waals surface area contributed by atoms with Crippen molar-refractivity contribution in [2.24, 2.45) is 34.1 Å². The zero-order valence-electron chi connectivity index (χ0n) is 69.5. The Labute approximate surface area is 560 Å². The zero-order chi connectivity index (χ0) is 78.2. The van der Waals surface area contributed by atoms with Gasteiger partial charge in [-0.05, 0) is 174 Å². The number of halogens is 1. The highest BCUT2D eigenvalue weighted by atomic mass is 19.1. The molecule has 0 radical (unpaired) electrons. The second kappa shape index (κ2) is 30.5. The standard InChI is InChI=1S/C23H26N.C22H24N.C21H22N.C19H17FN/c1-17(2)14-19-9-7-10-20(15-19)21-12-13-23(24(4)16-21)22-11-6-5-8-18(22)3;1-16(2)18-9-7-10-19(14-18)20-12-13-22(23(4)15-20)21-11-6-5-8-17(21)3;1-4-17-9-7-10-18(14-17)19-12-13-21(22(3)15-19)20-11-6-5-8-16(20)2;1-14-5-3-4-6-18(14)19-12-9-16(13-21(19)2)15-7-10-17(20)11-8-15/h5-13,15-17H,14H2,1-4H3;5-16H,1-4H3;5-15H,4H2,1-3H3;3-13H,1-2H3/q4*+1/i1D3,2D3,17D;1D3,2D3,16D;1D3;. The van der Waals surface area contributed by atoms with Gasteiger partial charge in [-0.25, -0.2) is 22.7 Å². The summed E-state index contributed by atoms with van der Waals surface area (Å²) in [5, 5.41) is 0. The van der Waals surface area contributed by atoms with Gasteiger partial charge in [0.15, 0.2) is 24.8 Å². The summed E-state index contributed by atoms with van der Waals surface area (Å²) in [6.45, 7) is -5.49. The van der Waals surface area contributed by atoms with E-state index in [1.807, 2.05) is 160 Å². The van der Waals surface area contributed by atoms with E-state index in [9.17, 15) is 4.39 Å². The van der Waals surface area contributed by atoms with Crippen molar-refractivity contribution in [2.75, 3.05) is 0 Å². The largest absolute Gasteiger partial charge is 0.212 e. The molecule has 5 heteroatoms. The molecular weight excluding hydrogens is 1100 g/mol. The van der Waals surface area contributed by atoms with E-state index in [2.05, 4.69) is 115 Å². The van der Waals surface area contributed by atoms with Gasteiger partial charge in [0.25, 0.3) is 0 Å². The van der Waals surface area contributed by atoms with E-state index in [0.717, 1.165) is 78.3 Å². The lowest BCUT2D eigenvalue weighted by Gasteiger charge is -2.09. The van der Waals surface area contributed by atoms with Crippen LogP contribution >= 0.6 is 0 Å². The zero-order valence-corrected chi connectivity index (χ0v) is 52.5. The van der Waals surface area contributed by atoms with Crippen molar-refractivity contribution in [3.63, 3.8) is 0 Å². The third kappa shape index (κ3) is 16.5. The van der Waals surface area contributed by atoms with Gasteiger partial charge >= 0.3 is 0 Å². The Morgan fingerprint density at radius 3 is 1.06 bits per heavy atom. The fourth-order valence-electron chi connectivity index (χ4n) is 11.1. The molecule has 0 spiro atoms. The van der Waals surface area contributed by atoms with Crippen LogP contribution in [-0.4, -0.2) is 0 Å². The van der Waals surface area contributed by atoms with Crippen molar-refractivity contribution in [1.29, 1.82) is 0 Å². The molecule has 0 fully saturated rings. The van der Waals surface area contributed by atoms with E-state index in [1.165, 1.54) is 57.8 Å². The van der Waals surface area contributed by atoms with Gasteiger partial charge in [-0.3, -0.25) is 0 Å². The van der Waals surface area contributed by atoms with Gasteiger partial charge in [-0.2, -0.15) is 0 Å². The summed E-state index contributed by atoms with van der Waals surface area (Å²) in [5.74, 6) is -5.49. The van der Waals surface area contributed by atoms with Crippen LogP contribution < -0.4 is 18.3 Å². The fraction of sp³-hybridized carbons (Fsp3) is 0.200. The third-order valence-electron chi connectivity index (χ3n) is 16.0. The molecule has 0 aliphatic carbocycles. The summed E-state index contributed by atoms with van der Waals surface area (Å²) in [4.78, 5) is 0. The molecule has 0 bridgehead atoms. The van der Waals surface area contributed by atoms with Gasteiger partial charge in [-0.1, -0.05) is 192 Å². The predicted molar refractivity (Wildman–Crippen MR) is 375 cm³/mol. The van der Waals surface area contributed by atoms with Crippen molar-refractivity contribution < 1.29 is 46.0 Å². The first-order valence-corrected chi connectivity index (χ1v) is 30.0. The Bertz CT molecular complexity index is 5070. The van der Waals surface area contributed by atoms with Gasteiger partial charge in [0.1, 0.15) is 34.0 Å². The number of hydrogen-bond acceptors (Lipinski definition) is 0. The molecule has 0 aliphatic heterocycles. The lowest BCUT2D eigenvalue weighted by atomic mass is 9.97. The average Bonchev–Trinajstić information content (AvgIpc) is 0.771. The van der Waals surface area contributed by atoms with Crippen LogP contribution in [0, 0.1) is 39.4 Å². The molecule has 8 aromatic carbocycles. The lowest BCUT2D eigenvalue weighted by molar-refractivity contribution is -0.660. The third-order valence-corrected chi connectivity index (χ3v) is 16.0. The second-order valence-corrected chi connectivity index (χ2v) is 22.6. The highest BCUT2D eigenvalue weighted by Gasteiger charge is 2.18. The van der Waals surface area contributed by atoms with E-state index in [-0.39, 0.29) is 24.2 Å². The first-order chi connectivity index (χ1) is 50.2. The molecule has 0 aliphatic rings. The molecule has 0 N–H and O–H groups in total. The summed E-state index contributed by atoms with van der Waals surface area (Å²) in [7, 11) is 7.97. The Morgan fingerprint density at radius 2 is 0.689 bits per heavy atom. The van der Waals surface area contributed by atoms with Crippen molar-refractivity contribution in [1.82, 2.24) is 0 Å². The first-order valence-electron chi connectivity index (χ1n) is 38.5. The van der Waals surface area contributed by atoms with E-state index in [4.69, 9.17) is 23.3 Å². The highest BCUT2D eigenvalue weighted by molar-refractivity contribution is 5.70. The van der Waals surface area contributed by atoms with Crippen LogP contribution in [0.3, 0.4) is 0 Å². The minimum absolute atomic E-state index is 0.0503. The van der Waals surface area contributed by atoms with Crippen LogP contribution in [0.4, 0.5) is 4.39 Å². The minimum Gasteiger partial charge on any atom is -0.207 e. The van der Waals surface area contributed by atoms with Crippen molar-refractivity contribution in [2.45, 2.75) is 80.7 Å². The van der Waals surface area contributed by atoms with E-state index in [1.54, 1.807) is 42.5 Å². The molecule has 12 rings (SSSR count). The summed E-state index contributed by atoms with van der Waals surface area (Å²) in [6.07, 6.45) is 7.78. The Kier molecular flexibility index (Phi) is 15.4. The topological polar surface area (TPSA) is 15.5 Å². The molecule has 12 aromatic rings. The van der Waals surface area contributed by atoms with Crippen LogP contribution in [-0.2, 0) is 41.0 Å². The molecule has 0 saturated carbocycles. The number of aryl methyl sites for hydroxylation is 9. The SMILES string of the molecule is Cc1ccccc1-c1ccc(-c2ccc(F)cc2)c[n+]1C.[2H]C([2H])([2H])C([2H])(Cc1cccc(-c2ccc(-c3ccccc3C)[n+](C)c2)c1)C([2H])([2H])[2H].[2H]C([2H])([2H])C([2H])(c1cccc(-c2ccc(-c3ccccc3C)[n+](C)c2)c1)C([2H])([2H])[2H].[2H]C([2H])([2H])Cc1cccc(-c2ccc(-c3ccccc3C)[n+](C)c2)c1. The molecule has 90 heavy (non-hydrogen) atoms. The van der Waals surface area contributed by atoms with Crippen LogP contribution in [0.1, 0.15) is 102 Å². The van der Waals surface area contributed by atoms with E-state index >= 15 is 0 Å². The van der Waals surface area contributed by atoms with Crippen LogP contribution in [0.25, 0.3) is 89.5 Å². The number of benzene rings is 8. The second-order valence-electron chi connectivity index (χ2n) is 22.6. The van der Waals surface area contributed by atoms with E-state index < -0.39 is 46.0 Å². The van der Waals surface area contributed by atoms with Gasteiger partial charge in [0, 0.05) is 92.1 Å². The van der Waals surface area contributed by atoms with Gasteiger partial charge in [0.2, 0.25) is 22.8 Å². The van der Waals surface area contributed by atoms with Gasteiger partial charge in [0.05, 0.1) is 0 Å². The molecule has 452 valence electrons. The average molecular weight is 1200 g/mol. The monoisotopic (exact) mass is 1200 g/mol. The number of hydrogen-bond donors (Lipinski definition) is 0. The summed E-state index contributed by atoms with van der Waals surface area (Å²) >= 11 is 0. The number of aromatic nitrogens is 4. The normalized spacial score (nSPS) is 14.6. The predicted octanol–water partition coefficient (Wildman–Crippen LogP) is 19.6. The minimum atomic E-state index is -3.00. The Morgan fingerprint density at radius 1 is 0.344 bits per heavy atom. The smallest absolute Gasteiger partial charge is 0.207 e. The molecule has 4 aromatic heterocycles. The molecule has 0 saturated heterocycles. The maximum absolute atomic E-state index is 13.0. The number of nitrogens with zero attached hydrogens (tertiary/aromatic N) is 4. The molecule has 0 atom stereocenters. The van der Waals surface area contributed by atoms with Crippen LogP contribution in [0.15, 0.2) is 267 Å². The summed E-state index contributed by atoms with van der Waals surface area (Å²) < 4.78 is 152. The van der Waals surface area contributed by atoms with Crippen molar-refractivity contribution in [3.05, 3.63) is 312 Å². The van der Waals surface area contributed by atoms with Gasteiger partial charge < -0.3 is 0 Å². The highest BCUT2D eigenvalue weighted by Crippen LogP contribution is 2.30. The fourth-order valence-corrected chi connectivity index (χ4v) is 11.1. The van der Waals surface area contributed by atoms with Crippen molar-refractivity contribution >= 4 is 0 Å². The Hall–Kier alpha value is -9.71.